The van der Waals surface area contributed by atoms with E-state index < -0.39 is 0 Å². The Morgan fingerprint density at radius 1 is 0.794 bits per heavy atom. The molecule has 0 unspecified atom stereocenters. The van der Waals surface area contributed by atoms with Gasteiger partial charge in [-0.3, -0.25) is 4.79 Å². The summed E-state index contributed by atoms with van der Waals surface area (Å²) in [5.41, 5.74) is 2.24. The summed E-state index contributed by atoms with van der Waals surface area (Å²) in [5, 5.41) is 0. The highest BCUT2D eigenvalue weighted by Crippen LogP contribution is 2.36. The summed E-state index contributed by atoms with van der Waals surface area (Å²) in [6.45, 7) is 0.350. The topological polar surface area (TPSA) is 54.0 Å². The maximum Gasteiger partial charge on any atom is 0.231 e. The Bertz CT molecular complexity index is 1360. The van der Waals surface area contributed by atoms with E-state index in [9.17, 15) is 4.79 Å². The molecule has 1 aliphatic heterocycles. The van der Waals surface area contributed by atoms with Gasteiger partial charge in [-0.05, 0) is 54.1 Å². The number of hydrogen-bond donors (Lipinski definition) is 0. The van der Waals surface area contributed by atoms with Gasteiger partial charge in [-0.2, -0.15) is 0 Å². The van der Waals surface area contributed by atoms with Crippen molar-refractivity contribution in [1.82, 2.24) is 0 Å². The molecular formula is C29H22O5. The van der Waals surface area contributed by atoms with Gasteiger partial charge in [0.1, 0.15) is 35.4 Å². The molecule has 0 amide bonds. The van der Waals surface area contributed by atoms with Crippen molar-refractivity contribution in [3.63, 3.8) is 0 Å². The first-order valence-electron chi connectivity index (χ1n) is 10.9. The number of rotatable bonds is 7. The summed E-state index contributed by atoms with van der Waals surface area (Å²) >= 11 is 0. The molecule has 4 aromatic rings. The number of benzene rings is 4. The van der Waals surface area contributed by atoms with Crippen molar-refractivity contribution in [2.45, 2.75) is 6.61 Å². The highest BCUT2D eigenvalue weighted by atomic mass is 16.5. The maximum absolute atomic E-state index is 12.8. The minimum atomic E-state index is -0.168. The van der Waals surface area contributed by atoms with E-state index in [1.54, 1.807) is 31.4 Å². The van der Waals surface area contributed by atoms with Crippen molar-refractivity contribution in [1.29, 1.82) is 0 Å². The molecule has 5 rings (SSSR count). The average molecular weight is 450 g/mol. The van der Waals surface area contributed by atoms with Crippen LogP contribution in [0.1, 0.15) is 21.5 Å². The second-order valence-corrected chi connectivity index (χ2v) is 7.69. The Hall–Kier alpha value is -4.51. The fourth-order valence-electron chi connectivity index (χ4n) is 3.67. The van der Waals surface area contributed by atoms with Crippen molar-refractivity contribution in [2.24, 2.45) is 0 Å². The van der Waals surface area contributed by atoms with Crippen LogP contribution < -0.4 is 18.9 Å². The van der Waals surface area contributed by atoms with Crippen molar-refractivity contribution < 1.29 is 23.7 Å². The van der Waals surface area contributed by atoms with E-state index in [0.717, 1.165) is 22.6 Å². The van der Waals surface area contributed by atoms with E-state index in [1.807, 2.05) is 78.9 Å². The molecular weight excluding hydrogens is 428 g/mol. The number of para-hydroxylation sites is 2. The first kappa shape index (κ1) is 21.3. The first-order valence-corrected chi connectivity index (χ1v) is 10.9. The van der Waals surface area contributed by atoms with Gasteiger partial charge < -0.3 is 18.9 Å². The van der Waals surface area contributed by atoms with Gasteiger partial charge in [-0.1, -0.05) is 48.5 Å². The number of carbonyl (C=O) groups is 1. The lowest BCUT2D eigenvalue weighted by molar-refractivity contribution is 0.101. The first-order chi connectivity index (χ1) is 16.7. The summed E-state index contributed by atoms with van der Waals surface area (Å²) in [5.74, 6) is 3.36. The van der Waals surface area contributed by atoms with Gasteiger partial charge in [0.15, 0.2) is 5.76 Å². The molecule has 1 aliphatic rings. The SMILES string of the molecule is COc1ccccc1/C=C1/Oc2cc(OCc3cccc(Oc4ccccc4)c3)ccc2C1=O. The van der Waals surface area contributed by atoms with Gasteiger partial charge in [0, 0.05) is 11.6 Å². The predicted octanol–water partition coefficient (Wildman–Crippen LogP) is 6.68. The third-order valence-corrected chi connectivity index (χ3v) is 5.35. The number of methoxy groups -OCH3 is 1. The predicted molar refractivity (Wildman–Crippen MR) is 130 cm³/mol. The third-order valence-electron chi connectivity index (χ3n) is 5.35. The number of ether oxygens (including phenoxy) is 4. The van der Waals surface area contributed by atoms with Crippen LogP contribution in [0.4, 0.5) is 0 Å². The van der Waals surface area contributed by atoms with Gasteiger partial charge in [0.2, 0.25) is 5.78 Å². The Morgan fingerprint density at radius 3 is 2.44 bits per heavy atom. The molecule has 0 N–H and O–H groups in total. The normalized spacial score (nSPS) is 13.3. The molecule has 0 atom stereocenters. The Morgan fingerprint density at radius 2 is 1.59 bits per heavy atom. The molecule has 0 saturated carbocycles. The molecule has 4 aromatic carbocycles. The molecule has 0 aromatic heterocycles. The van der Waals surface area contributed by atoms with Gasteiger partial charge in [0.05, 0.1) is 12.7 Å². The van der Waals surface area contributed by atoms with Crippen LogP contribution in [0.3, 0.4) is 0 Å². The van der Waals surface area contributed by atoms with Crippen LogP contribution in [0.2, 0.25) is 0 Å². The van der Waals surface area contributed by atoms with E-state index in [-0.39, 0.29) is 11.5 Å². The highest BCUT2D eigenvalue weighted by molar-refractivity contribution is 6.14. The smallest absolute Gasteiger partial charge is 0.231 e. The van der Waals surface area contributed by atoms with Crippen molar-refractivity contribution in [3.05, 3.63) is 120 Å². The van der Waals surface area contributed by atoms with Gasteiger partial charge in [-0.15, -0.1) is 0 Å². The third kappa shape index (κ3) is 4.64. The van der Waals surface area contributed by atoms with Gasteiger partial charge in [-0.25, -0.2) is 0 Å². The number of ketones is 1. The standard InChI is InChI=1S/C29H22O5/c1-31-26-13-6-5-9-21(26)17-28-29(30)25-15-14-23(18-27(25)34-28)32-19-20-8-7-12-24(16-20)33-22-10-3-2-4-11-22/h2-18H,19H2,1H3/b28-17+. The molecule has 0 spiro atoms. The molecule has 5 heteroatoms. The summed E-state index contributed by atoms with van der Waals surface area (Å²) in [6.07, 6.45) is 1.69. The molecule has 168 valence electrons. The maximum atomic E-state index is 12.8. The van der Waals surface area contributed by atoms with Crippen LogP contribution in [-0.2, 0) is 6.61 Å². The number of carbonyl (C=O) groups excluding carboxylic acids is 1. The highest BCUT2D eigenvalue weighted by Gasteiger charge is 2.28. The monoisotopic (exact) mass is 450 g/mol. The molecule has 0 bridgehead atoms. The zero-order chi connectivity index (χ0) is 23.3. The van der Waals surface area contributed by atoms with E-state index in [4.69, 9.17) is 18.9 Å². The molecule has 0 fully saturated rings. The van der Waals surface area contributed by atoms with Crippen molar-refractivity contribution >= 4 is 11.9 Å². The number of allylic oxidation sites excluding steroid dienone is 1. The summed E-state index contributed by atoms with van der Waals surface area (Å²) < 4.78 is 23.1. The molecule has 0 saturated heterocycles. The van der Waals surface area contributed by atoms with Crippen molar-refractivity contribution in [3.8, 4) is 28.7 Å². The lowest BCUT2D eigenvalue weighted by Crippen LogP contribution is -1.98. The van der Waals surface area contributed by atoms with Crippen LogP contribution in [0.25, 0.3) is 6.08 Å². The quantitative estimate of drug-likeness (QED) is 0.294. The largest absolute Gasteiger partial charge is 0.496 e. The molecule has 0 radical (unpaired) electrons. The average Bonchev–Trinajstić information content (AvgIpc) is 3.18. The Labute approximate surface area is 197 Å². The van der Waals surface area contributed by atoms with Crippen molar-refractivity contribution in [2.75, 3.05) is 7.11 Å². The van der Waals surface area contributed by atoms with Crippen LogP contribution in [0, 0.1) is 0 Å². The Balaban J connectivity index is 1.28. The second-order valence-electron chi connectivity index (χ2n) is 7.69. The summed E-state index contributed by atoms with van der Waals surface area (Å²) in [6, 6.07) is 30.1. The number of hydrogen-bond acceptors (Lipinski definition) is 5. The minimum absolute atomic E-state index is 0.168. The van der Waals surface area contributed by atoms with Crippen LogP contribution >= 0.6 is 0 Å². The van der Waals surface area contributed by atoms with E-state index in [1.165, 1.54) is 0 Å². The zero-order valence-corrected chi connectivity index (χ0v) is 18.6. The van der Waals surface area contributed by atoms with Crippen LogP contribution in [-0.4, -0.2) is 12.9 Å². The molecule has 5 nitrogen and oxygen atoms in total. The van der Waals surface area contributed by atoms with E-state index in [2.05, 4.69) is 0 Å². The van der Waals surface area contributed by atoms with E-state index >= 15 is 0 Å². The Kier molecular flexibility index (Phi) is 5.99. The molecule has 34 heavy (non-hydrogen) atoms. The second kappa shape index (κ2) is 9.55. The van der Waals surface area contributed by atoms with Gasteiger partial charge in [0.25, 0.3) is 0 Å². The van der Waals surface area contributed by atoms with Crippen LogP contribution in [0.15, 0.2) is 103 Å². The van der Waals surface area contributed by atoms with Gasteiger partial charge >= 0.3 is 0 Å². The van der Waals surface area contributed by atoms with E-state index in [0.29, 0.717) is 29.4 Å². The minimum Gasteiger partial charge on any atom is -0.496 e. The van der Waals surface area contributed by atoms with Crippen LogP contribution in [0.5, 0.6) is 28.7 Å². The number of Topliss-reactive ketones (excluding diaryl/α,β-unsaturated/α-hetero) is 1. The molecule has 0 aliphatic carbocycles. The molecule has 1 heterocycles. The fraction of sp³-hybridized carbons (Fsp3) is 0.0690. The fourth-order valence-corrected chi connectivity index (χ4v) is 3.67. The summed E-state index contributed by atoms with van der Waals surface area (Å²) in [4.78, 5) is 12.8. The lowest BCUT2D eigenvalue weighted by atomic mass is 10.1. The summed E-state index contributed by atoms with van der Waals surface area (Å²) in [7, 11) is 1.59. The number of fused-ring (bicyclic) bond motifs is 1. The zero-order valence-electron chi connectivity index (χ0n) is 18.6. The lowest BCUT2D eigenvalue weighted by Gasteiger charge is -2.10.